The number of aryl methyl sites for hydroxylation is 1. The third kappa shape index (κ3) is 3.31. The quantitative estimate of drug-likeness (QED) is 0.844. The van der Waals surface area contributed by atoms with Gasteiger partial charge >= 0.3 is 0 Å². The highest BCUT2D eigenvalue weighted by Crippen LogP contribution is 2.22. The highest BCUT2D eigenvalue weighted by atomic mass is 16.5. The van der Waals surface area contributed by atoms with Crippen LogP contribution in [0.4, 0.5) is 0 Å². The summed E-state index contributed by atoms with van der Waals surface area (Å²) >= 11 is 0. The molecule has 1 aliphatic rings. The Bertz CT molecular complexity index is 479. The van der Waals surface area contributed by atoms with E-state index >= 15 is 0 Å². The number of rotatable bonds is 3. The van der Waals surface area contributed by atoms with Gasteiger partial charge in [-0.15, -0.1) is 0 Å². The molecule has 0 N–H and O–H groups in total. The average molecular weight is 276 g/mol. The molecule has 2 rings (SSSR count). The largest absolute Gasteiger partial charge is 0.481 e. The maximum Gasteiger partial charge on any atom is 0.263 e. The monoisotopic (exact) mass is 276 g/mol. The fraction of sp³-hybridized carbons (Fsp3) is 0.562. The first-order chi connectivity index (χ1) is 9.49. The Balaban J connectivity index is 1.99. The molecule has 1 saturated heterocycles. The summed E-state index contributed by atoms with van der Waals surface area (Å²) in [5.74, 6) is 0.888. The summed E-state index contributed by atoms with van der Waals surface area (Å²) in [7, 11) is 2.08. The van der Waals surface area contributed by atoms with Crippen molar-refractivity contribution >= 4 is 5.91 Å². The van der Waals surface area contributed by atoms with Gasteiger partial charge in [-0.3, -0.25) is 4.79 Å². The molecule has 4 nitrogen and oxygen atoms in total. The van der Waals surface area contributed by atoms with Gasteiger partial charge in [0.05, 0.1) is 0 Å². The molecule has 110 valence electrons. The number of nitrogens with zero attached hydrogens (tertiary/aromatic N) is 2. The molecular formula is C16H24N2O2. The number of amides is 1. The Morgan fingerprint density at radius 1 is 1.20 bits per heavy atom. The topological polar surface area (TPSA) is 32.8 Å². The van der Waals surface area contributed by atoms with Crippen LogP contribution in [0.5, 0.6) is 5.75 Å². The van der Waals surface area contributed by atoms with E-state index in [1.165, 1.54) is 5.56 Å². The molecule has 0 aliphatic carbocycles. The van der Waals surface area contributed by atoms with Gasteiger partial charge in [0.1, 0.15) is 5.75 Å². The van der Waals surface area contributed by atoms with Crippen LogP contribution < -0.4 is 4.74 Å². The van der Waals surface area contributed by atoms with Crippen molar-refractivity contribution in [3.63, 3.8) is 0 Å². The molecule has 0 unspecified atom stereocenters. The molecule has 1 amide bonds. The van der Waals surface area contributed by atoms with Crippen LogP contribution in [0.1, 0.15) is 18.1 Å². The molecule has 0 aromatic heterocycles. The summed E-state index contributed by atoms with van der Waals surface area (Å²) in [4.78, 5) is 16.5. The standard InChI is InChI=1S/C16H24N2O2/c1-12-6-5-7-15(13(12)2)20-14(3)16(19)18-10-8-17(4)9-11-18/h5-7,14H,8-11H2,1-4H3/t14-/m1/s1. The molecule has 0 radical (unpaired) electrons. The molecule has 0 bridgehead atoms. The Hall–Kier alpha value is -1.55. The molecule has 1 aromatic rings. The van der Waals surface area contributed by atoms with E-state index in [4.69, 9.17) is 4.74 Å². The first-order valence-electron chi connectivity index (χ1n) is 7.19. The zero-order chi connectivity index (χ0) is 14.7. The first kappa shape index (κ1) is 14.9. The van der Waals surface area contributed by atoms with E-state index in [-0.39, 0.29) is 5.91 Å². The second-order valence-corrected chi connectivity index (χ2v) is 5.59. The zero-order valence-corrected chi connectivity index (χ0v) is 12.8. The van der Waals surface area contributed by atoms with Crippen molar-refractivity contribution in [3.8, 4) is 5.75 Å². The predicted octanol–water partition coefficient (Wildman–Crippen LogP) is 1.84. The number of likely N-dealkylation sites (N-methyl/N-ethyl adjacent to an activating group) is 1. The molecule has 1 fully saturated rings. The summed E-state index contributed by atoms with van der Waals surface area (Å²) < 4.78 is 5.86. The summed E-state index contributed by atoms with van der Waals surface area (Å²) in [6, 6.07) is 5.94. The third-order valence-corrected chi connectivity index (χ3v) is 4.02. The Morgan fingerprint density at radius 3 is 2.50 bits per heavy atom. The number of piperazine rings is 1. The summed E-state index contributed by atoms with van der Waals surface area (Å²) in [5.41, 5.74) is 2.28. The Morgan fingerprint density at radius 2 is 1.85 bits per heavy atom. The summed E-state index contributed by atoms with van der Waals surface area (Å²) in [5, 5.41) is 0. The highest BCUT2D eigenvalue weighted by Gasteiger charge is 2.25. The maximum atomic E-state index is 12.4. The highest BCUT2D eigenvalue weighted by molar-refractivity contribution is 5.81. The van der Waals surface area contributed by atoms with Crippen LogP contribution >= 0.6 is 0 Å². The van der Waals surface area contributed by atoms with Gasteiger partial charge in [0, 0.05) is 26.2 Å². The number of carbonyl (C=O) groups excluding carboxylic acids is 1. The number of hydrogen-bond acceptors (Lipinski definition) is 3. The SMILES string of the molecule is Cc1cccc(O[C@H](C)C(=O)N2CCN(C)CC2)c1C. The molecule has 20 heavy (non-hydrogen) atoms. The molecule has 1 aromatic carbocycles. The van der Waals surface area contributed by atoms with E-state index < -0.39 is 6.10 Å². The molecule has 0 saturated carbocycles. The van der Waals surface area contributed by atoms with Gasteiger partial charge in [-0.05, 0) is 45.0 Å². The van der Waals surface area contributed by atoms with Gasteiger partial charge in [0.2, 0.25) is 0 Å². The molecule has 0 spiro atoms. The van der Waals surface area contributed by atoms with Crippen molar-refractivity contribution in [2.45, 2.75) is 26.9 Å². The summed E-state index contributed by atoms with van der Waals surface area (Å²) in [6.07, 6.45) is -0.432. The number of carbonyl (C=O) groups is 1. The van der Waals surface area contributed by atoms with E-state index in [1.54, 1.807) is 0 Å². The normalized spacial score (nSPS) is 17.9. The smallest absolute Gasteiger partial charge is 0.263 e. The van der Waals surface area contributed by atoms with Crippen LogP contribution in [0.15, 0.2) is 18.2 Å². The van der Waals surface area contributed by atoms with Crippen molar-refractivity contribution in [1.29, 1.82) is 0 Å². The molecule has 1 atom stereocenters. The van der Waals surface area contributed by atoms with Crippen LogP contribution in [-0.4, -0.2) is 55.0 Å². The van der Waals surface area contributed by atoms with Gasteiger partial charge in [0.15, 0.2) is 6.10 Å². The van der Waals surface area contributed by atoms with Crippen LogP contribution in [0.3, 0.4) is 0 Å². The maximum absolute atomic E-state index is 12.4. The number of ether oxygens (including phenoxy) is 1. The molecule has 4 heteroatoms. The number of hydrogen-bond donors (Lipinski definition) is 0. The molecular weight excluding hydrogens is 252 g/mol. The van der Waals surface area contributed by atoms with Crippen molar-refractivity contribution in [3.05, 3.63) is 29.3 Å². The van der Waals surface area contributed by atoms with Gasteiger partial charge in [-0.2, -0.15) is 0 Å². The summed E-state index contributed by atoms with van der Waals surface area (Å²) in [6.45, 7) is 9.35. The van der Waals surface area contributed by atoms with E-state index in [0.717, 1.165) is 37.5 Å². The van der Waals surface area contributed by atoms with Crippen LogP contribution in [-0.2, 0) is 4.79 Å². The lowest BCUT2D eigenvalue weighted by molar-refractivity contribution is -0.139. The minimum absolute atomic E-state index is 0.0824. The molecule has 1 heterocycles. The van der Waals surface area contributed by atoms with Crippen LogP contribution in [0, 0.1) is 13.8 Å². The number of benzene rings is 1. The second-order valence-electron chi connectivity index (χ2n) is 5.59. The minimum atomic E-state index is -0.432. The fourth-order valence-corrected chi connectivity index (χ4v) is 2.38. The Kier molecular flexibility index (Phi) is 4.65. The zero-order valence-electron chi connectivity index (χ0n) is 12.8. The van der Waals surface area contributed by atoms with E-state index in [0.29, 0.717) is 0 Å². The Labute approximate surface area is 121 Å². The average Bonchev–Trinajstić information content (AvgIpc) is 2.44. The van der Waals surface area contributed by atoms with Gasteiger partial charge in [-0.1, -0.05) is 12.1 Å². The third-order valence-electron chi connectivity index (χ3n) is 4.02. The lowest BCUT2D eigenvalue weighted by atomic mass is 10.1. The van der Waals surface area contributed by atoms with Gasteiger partial charge < -0.3 is 14.5 Å². The lowest BCUT2D eigenvalue weighted by Gasteiger charge is -2.34. The van der Waals surface area contributed by atoms with Gasteiger partial charge in [0.25, 0.3) is 5.91 Å². The van der Waals surface area contributed by atoms with Crippen molar-refractivity contribution < 1.29 is 9.53 Å². The molecule has 1 aliphatic heterocycles. The predicted molar refractivity (Wildman–Crippen MR) is 80.1 cm³/mol. The minimum Gasteiger partial charge on any atom is -0.481 e. The lowest BCUT2D eigenvalue weighted by Crippen LogP contribution is -2.50. The van der Waals surface area contributed by atoms with Crippen LogP contribution in [0.2, 0.25) is 0 Å². The van der Waals surface area contributed by atoms with Crippen molar-refractivity contribution in [2.75, 3.05) is 33.2 Å². The van der Waals surface area contributed by atoms with Crippen molar-refractivity contribution in [2.24, 2.45) is 0 Å². The van der Waals surface area contributed by atoms with E-state index in [1.807, 2.05) is 30.9 Å². The van der Waals surface area contributed by atoms with Crippen LogP contribution in [0.25, 0.3) is 0 Å². The van der Waals surface area contributed by atoms with E-state index in [9.17, 15) is 4.79 Å². The van der Waals surface area contributed by atoms with Gasteiger partial charge in [-0.25, -0.2) is 0 Å². The van der Waals surface area contributed by atoms with E-state index in [2.05, 4.69) is 24.9 Å². The fourth-order valence-electron chi connectivity index (χ4n) is 2.38. The first-order valence-corrected chi connectivity index (χ1v) is 7.19. The second kappa shape index (κ2) is 6.27. The van der Waals surface area contributed by atoms with Crippen molar-refractivity contribution in [1.82, 2.24) is 9.80 Å².